The Hall–Kier alpha value is -1.17. The van der Waals surface area contributed by atoms with Crippen molar-refractivity contribution in [2.75, 3.05) is 5.75 Å². The Morgan fingerprint density at radius 3 is 2.92 bits per heavy atom. The van der Waals surface area contributed by atoms with Gasteiger partial charge < -0.3 is 0 Å². The van der Waals surface area contributed by atoms with Gasteiger partial charge in [-0.2, -0.15) is 5.10 Å². The van der Waals surface area contributed by atoms with E-state index in [1.165, 1.54) is 0 Å². The molecule has 13 heavy (non-hydrogen) atoms. The van der Waals surface area contributed by atoms with Crippen molar-refractivity contribution in [1.29, 1.82) is 0 Å². The third-order valence-electron chi connectivity index (χ3n) is 2.12. The predicted molar refractivity (Wildman–Crippen MR) is 45.2 cm³/mol. The molecule has 0 radical (unpaired) electrons. The largest absolute Gasteiger partial charge is 0.296 e. The number of aldehydes is 1. The molecule has 0 aromatic carbocycles. The molecule has 0 amide bonds. The van der Waals surface area contributed by atoms with E-state index < -0.39 is 9.84 Å². The van der Waals surface area contributed by atoms with Crippen LogP contribution in [0.15, 0.2) is 0 Å². The van der Waals surface area contributed by atoms with E-state index in [2.05, 4.69) is 10.2 Å². The van der Waals surface area contributed by atoms with Crippen LogP contribution in [0.2, 0.25) is 0 Å². The monoisotopic (exact) mass is 200 g/mol. The number of H-pyrrole nitrogens is 1. The van der Waals surface area contributed by atoms with Gasteiger partial charge in [0.05, 0.1) is 17.2 Å². The SMILES string of the molecule is O=Cc1n[nH]c2c1CCS(=O)(=O)C2. The number of aromatic nitrogens is 2. The normalized spacial score (nSPS) is 19.4. The summed E-state index contributed by atoms with van der Waals surface area (Å²) >= 11 is 0. The van der Waals surface area contributed by atoms with Crippen molar-refractivity contribution in [3.05, 3.63) is 17.0 Å². The first-order chi connectivity index (χ1) is 6.12. The second kappa shape index (κ2) is 2.66. The van der Waals surface area contributed by atoms with Crippen LogP contribution in [0.3, 0.4) is 0 Å². The average Bonchev–Trinajstić information content (AvgIpc) is 2.44. The van der Waals surface area contributed by atoms with Crippen LogP contribution in [-0.4, -0.2) is 30.7 Å². The predicted octanol–water partition coefficient (Wildman–Crippen LogP) is -0.307. The van der Waals surface area contributed by atoms with E-state index in [0.29, 0.717) is 24.1 Å². The number of hydrogen-bond donors (Lipinski definition) is 1. The quantitative estimate of drug-likeness (QED) is 0.631. The van der Waals surface area contributed by atoms with E-state index >= 15 is 0 Å². The smallest absolute Gasteiger partial charge is 0.170 e. The Kier molecular flexibility index (Phi) is 1.73. The highest BCUT2D eigenvalue weighted by molar-refractivity contribution is 7.90. The number of carbonyl (C=O) groups is 1. The molecule has 1 aromatic rings. The molecule has 0 unspecified atom stereocenters. The summed E-state index contributed by atoms with van der Waals surface area (Å²) in [7, 11) is -2.98. The number of sulfone groups is 1. The van der Waals surface area contributed by atoms with E-state index in [9.17, 15) is 13.2 Å². The molecular formula is C7H8N2O3S. The lowest BCUT2D eigenvalue weighted by Gasteiger charge is -2.10. The molecule has 0 spiro atoms. The highest BCUT2D eigenvalue weighted by Gasteiger charge is 2.25. The van der Waals surface area contributed by atoms with Crippen molar-refractivity contribution >= 4 is 16.1 Å². The van der Waals surface area contributed by atoms with Crippen molar-refractivity contribution in [2.24, 2.45) is 0 Å². The molecule has 5 nitrogen and oxygen atoms in total. The molecule has 2 heterocycles. The zero-order valence-electron chi connectivity index (χ0n) is 6.78. The van der Waals surface area contributed by atoms with Crippen LogP contribution in [-0.2, 0) is 22.0 Å². The minimum atomic E-state index is -2.98. The van der Waals surface area contributed by atoms with Gasteiger partial charge in [0.25, 0.3) is 0 Å². The van der Waals surface area contributed by atoms with E-state index in [-0.39, 0.29) is 11.5 Å². The standard InChI is InChI=1S/C7H8N2O3S/c10-3-6-5-1-2-13(11,12)4-7(5)9-8-6/h3H,1-2,4H2,(H,8,9). The maximum Gasteiger partial charge on any atom is 0.170 e. The molecule has 6 heteroatoms. The maximum absolute atomic E-state index is 11.2. The van der Waals surface area contributed by atoms with Gasteiger partial charge in [-0.25, -0.2) is 8.42 Å². The van der Waals surface area contributed by atoms with Gasteiger partial charge in [-0.1, -0.05) is 0 Å². The number of rotatable bonds is 1. The van der Waals surface area contributed by atoms with Crippen molar-refractivity contribution in [3.63, 3.8) is 0 Å². The molecule has 1 aliphatic heterocycles. The van der Waals surface area contributed by atoms with Crippen molar-refractivity contribution in [1.82, 2.24) is 10.2 Å². The summed E-state index contributed by atoms with van der Waals surface area (Å²) in [4.78, 5) is 10.5. The van der Waals surface area contributed by atoms with Gasteiger partial charge >= 0.3 is 0 Å². The first kappa shape index (κ1) is 8.43. The molecule has 0 saturated heterocycles. The summed E-state index contributed by atoms with van der Waals surface area (Å²) < 4.78 is 22.3. The van der Waals surface area contributed by atoms with Crippen LogP contribution in [0.1, 0.15) is 21.7 Å². The molecule has 2 rings (SSSR count). The molecule has 0 bridgehead atoms. The molecule has 0 atom stereocenters. The van der Waals surface area contributed by atoms with Crippen molar-refractivity contribution < 1.29 is 13.2 Å². The molecular weight excluding hydrogens is 192 g/mol. The highest BCUT2D eigenvalue weighted by Crippen LogP contribution is 2.20. The number of fused-ring (bicyclic) bond motifs is 1. The van der Waals surface area contributed by atoms with Crippen LogP contribution in [0.25, 0.3) is 0 Å². The molecule has 1 aromatic heterocycles. The number of nitrogens with zero attached hydrogens (tertiary/aromatic N) is 1. The summed E-state index contributed by atoms with van der Waals surface area (Å²) in [5, 5.41) is 6.30. The number of hydrogen-bond acceptors (Lipinski definition) is 4. The van der Waals surface area contributed by atoms with E-state index in [1.807, 2.05) is 0 Å². The van der Waals surface area contributed by atoms with Gasteiger partial charge in [0.1, 0.15) is 5.69 Å². The Morgan fingerprint density at radius 1 is 1.46 bits per heavy atom. The fraction of sp³-hybridized carbons (Fsp3) is 0.429. The zero-order chi connectivity index (χ0) is 9.47. The Bertz CT molecular complexity index is 446. The number of carbonyl (C=O) groups excluding carboxylic acids is 1. The number of nitrogens with one attached hydrogen (secondary N) is 1. The number of aromatic amines is 1. The van der Waals surface area contributed by atoms with E-state index in [4.69, 9.17) is 0 Å². The molecule has 1 N–H and O–H groups in total. The summed E-state index contributed by atoms with van der Waals surface area (Å²) in [6.45, 7) is 0. The van der Waals surface area contributed by atoms with Gasteiger partial charge in [-0.15, -0.1) is 0 Å². The summed E-state index contributed by atoms with van der Waals surface area (Å²) in [6, 6.07) is 0. The van der Waals surface area contributed by atoms with Gasteiger partial charge in [0.2, 0.25) is 0 Å². The lowest BCUT2D eigenvalue weighted by Crippen LogP contribution is -2.18. The minimum absolute atomic E-state index is 0.0246. The van der Waals surface area contributed by atoms with Gasteiger partial charge in [0.15, 0.2) is 16.1 Å². The van der Waals surface area contributed by atoms with Gasteiger partial charge in [0, 0.05) is 5.56 Å². The Balaban J connectivity index is 2.49. The fourth-order valence-corrected chi connectivity index (χ4v) is 2.80. The first-order valence-corrected chi connectivity index (χ1v) is 5.66. The molecule has 70 valence electrons. The van der Waals surface area contributed by atoms with E-state index in [0.717, 1.165) is 5.56 Å². The summed E-state index contributed by atoms with van der Waals surface area (Å²) in [5.74, 6) is 0.0869. The average molecular weight is 200 g/mol. The third kappa shape index (κ3) is 1.37. The topological polar surface area (TPSA) is 79.9 Å². The van der Waals surface area contributed by atoms with Gasteiger partial charge in [-0.05, 0) is 6.42 Å². The van der Waals surface area contributed by atoms with Crippen molar-refractivity contribution in [3.8, 4) is 0 Å². The molecule has 0 aliphatic carbocycles. The lowest BCUT2D eigenvalue weighted by molar-refractivity contribution is 0.111. The van der Waals surface area contributed by atoms with Crippen LogP contribution in [0.5, 0.6) is 0 Å². The third-order valence-corrected chi connectivity index (χ3v) is 3.68. The molecule has 0 saturated carbocycles. The zero-order valence-corrected chi connectivity index (χ0v) is 7.60. The fourth-order valence-electron chi connectivity index (χ4n) is 1.46. The summed E-state index contributed by atoms with van der Waals surface area (Å²) in [6.07, 6.45) is 1.04. The first-order valence-electron chi connectivity index (χ1n) is 3.84. The maximum atomic E-state index is 11.2. The Labute approximate surface area is 75.1 Å². The molecule has 1 aliphatic rings. The summed E-state index contributed by atoms with van der Waals surface area (Å²) in [5.41, 5.74) is 1.66. The second-order valence-corrected chi connectivity index (χ2v) is 5.21. The second-order valence-electron chi connectivity index (χ2n) is 3.03. The Morgan fingerprint density at radius 2 is 2.23 bits per heavy atom. The van der Waals surface area contributed by atoms with Gasteiger partial charge in [-0.3, -0.25) is 9.89 Å². The van der Waals surface area contributed by atoms with Crippen molar-refractivity contribution in [2.45, 2.75) is 12.2 Å². The van der Waals surface area contributed by atoms with Crippen LogP contribution in [0.4, 0.5) is 0 Å². The van der Waals surface area contributed by atoms with E-state index in [1.54, 1.807) is 0 Å². The van der Waals surface area contributed by atoms with Crippen LogP contribution >= 0.6 is 0 Å². The van der Waals surface area contributed by atoms with Crippen LogP contribution < -0.4 is 0 Å². The lowest BCUT2D eigenvalue weighted by atomic mass is 10.1. The van der Waals surface area contributed by atoms with Crippen LogP contribution in [0, 0.1) is 0 Å². The highest BCUT2D eigenvalue weighted by atomic mass is 32.2. The molecule has 0 fully saturated rings. The minimum Gasteiger partial charge on any atom is -0.296 e.